The maximum absolute atomic E-state index is 12.5. The Kier molecular flexibility index (Phi) is 4.22. The highest BCUT2D eigenvalue weighted by Crippen LogP contribution is 2.63. The summed E-state index contributed by atoms with van der Waals surface area (Å²) >= 11 is 0. The zero-order valence-electron chi connectivity index (χ0n) is 15.8. The zero-order valence-corrected chi connectivity index (χ0v) is 16.8. The minimum Gasteiger partial charge on any atom is -0.547 e. The first-order valence-corrected chi connectivity index (χ1v) is 11.7. The third-order valence-corrected chi connectivity index (χ3v) is 11.4. The van der Waals surface area contributed by atoms with Crippen LogP contribution in [0, 0.1) is 16.7 Å². The van der Waals surface area contributed by atoms with E-state index in [1.54, 1.807) is 6.92 Å². The number of rotatable bonds is 3. The Morgan fingerprint density at radius 3 is 2.41 bits per heavy atom. The van der Waals surface area contributed by atoms with Crippen molar-refractivity contribution in [1.82, 2.24) is 0 Å². The molecule has 2 nitrogen and oxygen atoms in total. The lowest BCUT2D eigenvalue weighted by Crippen LogP contribution is -2.49. The number of hydrogen-bond donors (Lipinski definition) is 0. The Balaban J connectivity index is 2.35. The van der Waals surface area contributed by atoms with E-state index >= 15 is 0 Å². The van der Waals surface area contributed by atoms with Crippen LogP contribution in [0.2, 0.25) is 18.1 Å². The largest absolute Gasteiger partial charge is 0.547 e. The van der Waals surface area contributed by atoms with Gasteiger partial charge in [0.15, 0.2) is 0 Å². The molecule has 1 saturated carbocycles. The topological polar surface area (TPSA) is 26.3 Å². The summed E-state index contributed by atoms with van der Waals surface area (Å²) in [7, 11) is -1.80. The second-order valence-corrected chi connectivity index (χ2v) is 14.1. The van der Waals surface area contributed by atoms with Gasteiger partial charge in [-0.3, -0.25) is 4.79 Å². The third-order valence-electron chi connectivity index (χ3n) is 6.97. The molecule has 3 atom stereocenters. The molecule has 0 amide bonds. The van der Waals surface area contributed by atoms with Gasteiger partial charge in [-0.05, 0) is 55.3 Å². The summed E-state index contributed by atoms with van der Waals surface area (Å²) in [6.45, 7) is 17.8. The molecule has 0 N–H and O–H groups in total. The van der Waals surface area contributed by atoms with E-state index in [4.69, 9.17) is 4.43 Å². The number of fused-ring (bicyclic) bond motifs is 1. The molecule has 1 fully saturated rings. The predicted molar refractivity (Wildman–Crippen MR) is 95.2 cm³/mol. The highest BCUT2D eigenvalue weighted by Gasteiger charge is 2.59. The maximum Gasteiger partial charge on any atom is 0.250 e. The minimum atomic E-state index is -1.80. The molecule has 0 spiro atoms. The molecule has 2 aliphatic rings. The van der Waals surface area contributed by atoms with Gasteiger partial charge in [0.2, 0.25) is 8.32 Å². The third kappa shape index (κ3) is 2.49. The summed E-state index contributed by atoms with van der Waals surface area (Å²) in [5.41, 5.74) is -0.0853. The molecule has 0 saturated heterocycles. The van der Waals surface area contributed by atoms with E-state index in [1.807, 2.05) is 0 Å². The van der Waals surface area contributed by atoms with Crippen molar-refractivity contribution >= 4 is 14.1 Å². The highest BCUT2D eigenvalue weighted by molar-refractivity contribution is 6.74. The molecule has 0 aromatic heterocycles. The normalized spacial score (nSPS) is 35.8. The summed E-state index contributed by atoms with van der Waals surface area (Å²) in [5, 5.41) is 0.211. The van der Waals surface area contributed by atoms with Crippen LogP contribution in [0.15, 0.2) is 11.8 Å². The lowest BCUT2D eigenvalue weighted by molar-refractivity contribution is -0.136. The Labute approximate surface area is 137 Å². The van der Waals surface area contributed by atoms with E-state index in [-0.39, 0.29) is 21.8 Å². The molecule has 0 aromatic carbocycles. The quantitative estimate of drug-likeness (QED) is 0.623. The Bertz CT molecular complexity index is 500. The second-order valence-electron chi connectivity index (χ2n) is 9.40. The standard InChI is InChI=1S/C19H34O2Si/c1-14-12-16(21-22(7,8)17(3,4)5)13-18(6)10-9-11-19(14,18)15(2)20/h12,14H,9-11,13H2,1-8H3/t14-,18+,19-/m1/s1. The molecule has 0 aromatic rings. The van der Waals surface area contributed by atoms with Crippen LogP contribution in [0.3, 0.4) is 0 Å². The fourth-order valence-electron chi connectivity index (χ4n) is 4.64. The summed E-state index contributed by atoms with van der Waals surface area (Å²) in [5.74, 6) is 1.81. The SMILES string of the molecule is CC(=O)[C@]12CCC[C@@]1(C)CC(O[Si](C)(C)C(C)(C)C)=C[C@H]2C. The molecule has 126 valence electrons. The van der Waals surface area contributed by atoms with Gasteiger partial charge in [-0.15, -0.1) is 0 Å². The van der Waals surface area contributed by atoms with Crippen LogP contribution in [0.5, 0.6) is 0 Å². The first-order chi connectivity index (χ1) is 9.86. The van der Waals surface area contributed by atoms with E-state index in [1.165, 1.54) is 6.42 Å². The molecule has 2 rings (SSSR count). The van der Waals surface area contributed by atoms with Crippen LogP contribution in [-0.2, 0) is 9.22 Å². The smallest absolute Gasteiger partial charge is 0.250 e. The van der Waals surface area contributed by atoms with Gasteiger partial charge in [0.05, 0.1) is 5.76 Å². The second kappa shape index (κ2) is 5.22. The van der Waals surface area contributed by atoms with E-state index < -0.39 is 8.32 Å². The Morgan fingerprint density at radius 2 is 1.91 bits per heavy atom. The van der Waals surface area contributed by atoms with Crippen molar-refractivity contribution < 1.29 is 9.22 Å². The zero-order chi connectivity index (χ0) is 17.0. The molecule has 0 aliphatic heterocycles. The van der Waals surface area contributed by atoms with Crippen molar-refractivity contribution in [2.45, 2.75) is 85.4 Å². The van der Waals surface area contributed by atoms with Crippen molar-refractivity contribution in [2.75, 3.05) is 0 Å². The number of Topliss-reactive ketones (excluding diaryl/α,β-unsaturated/α-hetero) is 1. The van der Waals surface area contributed by atoms with Crippen LogP contribution in [-0.4, -0.2) is 14.1 Å². The van der Waals surface area contributed by atoms with Crippen LogP contribution >= 0.6 is 0 Å². The van der Waals surface area contributed by atoms with E-state index in [9.17, 15) is 4.79 Å². The van der Waals surface area contributed by atoms with Crippen molar-refractivity contribution in [3.63, 3.8) is 0 Å². The molecule has 0 unspecified atom stereocenters. The van der Waals surface area contributed by atoms with Gasteiger partial charge in [-0.1, -0.05) is 41.0 Å². The fraction of sp³-hybridized carbons (Fsp3) is 0.842. The first-order valence-electron chi connectivity index (χ1n) is 8.76. The summed E-state index contributed by atoms with van der Waals surface area (Å²) in [6.07, 6.45) is 6.57. The number of hydrogen-bond acceptors (Lipinski definition) is 2. The Morgan fingerprint density at radius 1 is 1.32 bits per heavy atom. The van der Waals surface area contributed by atoms with E-state index in [0.29, 0.717) is 5.78 Å². The summed E-state index contributed by atoms with van der Waals surface area (Å²) < 4.78 is 6.60. The Hall–Kier alpha value is -0.573. The number of carbonyl (C=O) groups is 1. The molecule has 2 aliphatic carbocycles. The number of allylic oxidation sites excluding steroid dienone is 2. The lowest BCUT2D eigenvalue weighted by atomic mass is 9.54. The highest BCUT2D eigenvalue weighted by atomic mass is 28.4. The average molecular weight is 323 g/mol. The van der Waals surface area contributed by atoms with Crippen LogP contribution in [0.25, 0.3) is 0 Å². The molecule has 0 radical (unpaired) electrons. The first kappa shape index (κ1) is 17.8. The summed E-state index contributed by atoms with van der Waals surface area (Å²) in [4.78, 5) is 12.5. The van der Waals surface area contributed by atoms with Crippen LogP contribution in [0.1, 0.15) is 67.2 Å². The van der Waals surface area contributed by atoms with E-state index in [2.05, 4.69) is 53.8 Å². The molecule has 0 bridgehead atoms. The predicted octanol–water partition coefficient (Wildman–Crippen LogP) is 5.70. The van der Waals surface area contributed by atoms with Crippen molar-refractivity contribution in [1.29, 1.82) is 0 Å². The number of carbonyl (C=O) groups excluding carboxylic acids is 1. The van der Waals surface area contributed by atoms with Gasteiger partial charge < -0.3 is 4.43 Å². The molecular formula is C19H34O2Si. The average Bonchev–Trinajstić information content (AvgIpc) is 2.65. The molecule has 0 heterocycles. The maximum atomic E-state index is 12.5. The molecular weight excluding hydrogens is 288 g/mol. The number of ketones is 1. The van der Waals surface area contributed by atoms with Crippen molar-refractivity contribution in [2.24, 2.45) is 16.7 Å². The van der Waals surface area contributed by atoms with Gasteiger partial charge in [-0.25, -0.2) is 0 Å². The van der Waals surface area contributed by atoms with Crippen LogP contribution in [0.4, 0.5) is 0 Å². The monoisotopic (exact) mass is 322 g/mol. The van der Waals surface area contributed by atoms with Gasteiger partial charge in [0.25, 0.3) is 0 Å². The molecule has 3 heteroatoms. The van der Waals surface area contributed by atoms with Crippen LogP contribution < -0.4 is 0 Å². The van der Waals surface area contributed by atoms with Gasteiger partial charge >= 0.3 is 0 Å². The minimum absolute atomic E-state index is 0.0741. The lowest BCUT2D eigenvalue weighted by Gasteiger charge is -2.50. The van der Waals surface area contributed by atoms with Gasteiger partial charge in [0.1, 0.15) is 5.78 Å². The summed E-state index contributed by atoms with van der Waals surface area (Å²) in [6, 6.07) is 0. The van der Waals surface area contributed by atoms with E-state index in [0.717, 1.165) is 25.0 Å². The van der Waals surface area contributed by atoms with Crippen molar-refractivity contribution in [3.8, 4) is 0 Å². The van der Waals surface area contributed by atoms with Gasteiger partial charge in [0, 0.05) is 11.8 Å². The van der Waals surface area contributed by atoms with Gasteiger partial charge in [-0.2, -0.15) is 0 Å². The van der Waals surface area contributed by atoms with Crippen molar-refractivity contribution in [3.05, 3.63) is 11.8 Å². The fourth-order valence-corrected chi connectivity index (χ4v) is 5.74. The molecule has 22 heavy (non-hydrogen) atoms.